The van der Waals surface area contributed by atoms with Crippen LogP contribution in [0.25, 0.3) is 0 Å². The van der Waals surface area contributed by atoms with Gasteiger partial charge in [0.25, 0.3) is 0 Å². The van der Waals surface area contributed by atoms with Crippen LogP contribution >= 0.6 is 0 Å². The number of rotatable bonds is 3. The summed E-state index contributed by atoms with van der Waals surface area (Å²) in [6.07, 6.45) is 0.720. The van der Waals surface area contributed by atoms with Crippen molar-refractivity contribution >= 4 is 0 Å². The highest BCUT2D eigenvalue weighted by atomic mass is 16.3. The normalized spacial score (nSPS) is 12.7. The van der Waals surface area contributed by atoms with E-state index < -0.39 is 5.75 Å². The molecular formula is C10H15NO3. The Morgan fingerprint density at radius 3 is 2.43 bits per heavy atom. The van der Waals surface area contributed by atoms with E-state index >= 15 is 0 Å². The number of benzene rings is 1. The molecule has 0 fully saturated rings. The molecular weight excluding hydrogens is 182 g/mol. The summed E-state index contributed by atoms with van der Waals surface area (Å²) in [7, 11) is 0. The van der Waals surface area contributed by atoms with E-state index in [4.69, 9.17) is 10.8 Å². The van der Waals surface area contributed by atoms with E-state index in [-0.39, 0.29) is 17.4 Å². The quantitative estimate of drug-likeness (QED) is 0.549. The lowest BCUT2D eigenvalue weighted by molar-refractivity contribution is 0.363. The van der Waals surface area contributed by atoms with Crippen molar-refractivity contribution in [2.45, 2.75) is 19.3 Å². The minimum Gasteiger partial charge on any atom is -0.504 e. The topological polar surface area (TPSA) is 86.7 Å². The fourth-order valence-corrected chi connectivity index (χ4v) is 1.39. The molecule has 1 atom stereocenters. The molecule has 0 heterocycles. The van der Waals surface area contributed by atoms with E-state index in [1.54, 1.807) is 6.07 Å². The van der Waals surface area contributed by atoms with Crippen LogP contribution in [0.5, 0.6) is 17.2 Å². The minimum absolute atomic E-state index is 0.0616. The summed E-state index contributed by atoms with van der Waals surface area (Å²) in [6.45, 7) is 2.42. The Labute approximate surface area is 82.6 Å². The van der Waals surface area contributed by atoms with Crippen LogP contribution in [0.4, 0.5) is 0 Å². The van der Waals surface area contributed by atoms with Crippen molar-refractivity contribution in [2.24, 2.45) is 5.73 Å². The average molecular weight is 197 g/mol. The van der Waals surface area contributed by atoms with Crippen LogP contribution in [-0.4, -0.2) is 21.9 Å². The lowest BCUT2D eigenvalue weighted by atomic mass is 9.96. The number of phenolic OH excluding ortho intramolecular Hbond substituents is 3. The fourth-order valence-electron chi connectivity index (χ4n) is 1.39. The number of hydrogen-bond acceptors (Lipinski definition) is 4. The van der Waals surface area contributed by atoms with Crippen LogP contribution in [0.3, 0.4) is 0 Å². The lowest BCUT2D eigenvalue weighted by Crippen LogP contribution is -2.04. The van der Waals surface area contributed by atoms with Crippen LogP contribution in [-0.2, 0) is 0 Å². The molecule has 1 aromatic rings. The van der Waals surface area contributed by atoms with Crippen LogP contribution in [0.2, 0.25) is 0 Å². The average Bonchev–Trinajstić information content (AvgIpc) is 2.15. The van der Waals surface area contributed by atoms with Gasteiger partial charge in [0.15, 0.2) is 11.5 Å². The zero-order chi connectivity index (χ0) is 10.7. The SMILES string of the molecule is CC(CCN)c1ccc(O)c(O)c1O. The summed E-state index contributed by atoms with van der Waals surface area (Å²) in [5, 5.41) is 27.9. The van der Waals surface area contributed by atoms with E-state index in [0.717, 1.165) is 6.42 Å². The summed E-state index contributed by atoms with van der Waals surface area (Å²) in [4.78, 5) is 0. The van der Waals surface area contributed by atoms with Gasteiger partial charge in [0.2, 0.25) is 5.75 Å². The first-order valence-corrected chi connectivity index (χ1v) is 4.51. The number of nitrogens with two attached hydrogens (primary N) is 1. The first-order valence-electron chi connectivity index (χ1n) is 4.51. The van der Waals surface area contributed by atoms with Gasteiger partial charge in [-0.25, -0.2) is 0 Å². The van der Waals surface area contributed by atoms with E-state index in [9.17, 15) is 10.2 Å². The van der Waals surface area contributed by atoms with Gasteiger partial charge in [-0.1, -0.05) is 13.0 Å². The van der Waals surface area contributed by atoms with E-state index in [1.807, 2.05) is 6.92 Å². The molecule has 1 aromatic carbocycles. The third kappa shape index (κ3) is 1.90. The van der Waals surface area contributed by atoms with Crippen molar-refractivity contribution in [1.82, 2.24) is 0 Å². The molecule has 5 N–H and O–H groups in total. The first-order chi connectivity index (χ1) is 6.57. The van der Waals surface area contributed by atoms with Gasteiger partial charge < -0.3 is 21.1 Å². The second kappa shape index (κ2) is 4.19. The van der Waals surface area contributed by atoms with Crippen molar-refractivity contribution in [1.29, 1.82) is 0 Å². The molecule has 1 rings (SSSR count). The Morgan fingerprint density at radius 2 is 1.86 bits per heavy atom. The Hall–Kier alpha value is -1.42. The summed E-state index contributed by atoms with van der Waals surface area (Å²) in [5.41, 5.74) is 5.99. The third-order valence-corrected chi connectivity index (χ3v) is 2.29. The van der Waals surface area contributed by atoms with Crippen molar-refractivity contribution in [2.75, 3.05) is 6.54 Å². The predicted molar refractivity (Wildman–Crippen MR) is 53.5 cm³/mol. The standard InChI is InChI=1S/C10H15NO3/c1-6(4-5-11)7-2-3-8(12)10(14)9(7)13/h2-3,6,12-14H,4-5,11H2,1H3. The smallest absolute Gasteiger partial charge is 0.200 e. The van der Waals surface area contributed by atoms with Crippen molar-refractivity contribution in [3.8, 4) is 17.2 Å². The van der Waals surface area contributed by atoms with Crippen molar-refractivity contribution in [3.63, 3.8) is 0 Å². The van der Waals surface area contributed by atoms with Gasteiger partial charge >= 0.3 is 0 Å². The minimum atomic E-state index is -0.466. The molecule has 0 aliphatic heterocycles. The van der Waals surface area contributed by atoms with Crippen LogP contribution in [0.15, 0.2) is 12.1 Å². The molecule has 0 amide bonds. The van der Waals surface area contributed by atoms with Gasteiger partial charge in [-0.3, -0.25) is 0 Å². The van der Waals surface area contributed by atoms with Crippen LogP contribution < -0.4 is 5.73 Å². The van der Waals surface area contributed by atoms with Crippen LogP contribution in [0.1, 0.15) is 24.8 Å². The maximum Gasteiger partial charge on any atom is 0.200 e. The summed E-state index contributed by atoms with van der Waals surface area (Å²) in [5.74, 6) is -0.977. The monoisotopic (exact) mass is 197 g/mol. The summed E-state index contributed by atoms with van der Waals surface area (Å²) < 4.78 is 0. The largest absolute Gasteiger partial charge is 0.504 e. The molecule has 0 aromatic heterocycles. The van der Waals surface area contributed by atoms with Gasteiger partial charge in [0, 0.05) is 5.56 Å². The van der Waals surface area contributed by atoms with E-state index in [2.05, 4.69) is 0 Å². The first kappa shape index (κ1) is 10.7. The van der Waals surface area contributed by atoms with Gasteiger partial charge in [0.1, 0.15) is 0 Å². The Kier molecular flexibility index (Phi) is 3.19. The van der Waals surface area contributed by atoms with E-state index in [1.165, 1.54) is 6.07 Å². The molecule has 0 saturated heterocycles. The molecule has 0 aliphatic rings. The van der Waals surface area contributed by atoms with Crippen LogP contribution in [0, 0.1) is 0 Å². The summed E-state index contributed by atoms with van der Waals surface area (Å²) in [6, 6.07) is 2.95. The second-order valence-corrected chi connectivity index (χ2v) is 3.35. The molecule has 78 valence electrons. The predicted octanol–water partition coefficient (Wildman–Crippen LogP) is 1.26. The lowest BCUT2D eigenvalue weighted by Gasteiger charge is -2.13. The number of hydrogen-bond donors (Lipinski definition) is 4. The molecule has 0 saturated carbocycles. The van der Waals surface area contributed by atoms with Gasteiger partial charge in [-0.15, -0.1) is 0 Å². The third-order valence-electron chi connectivity index (χ3n) is 2.29. The highest BCUT2D eigenvalue weighted by Gasteiger charge is 2.15. The molecule has 0 bridgehead atoms. The van der Waals surface area contributed by atoms with Crippen molar-refractivity contribution < 1.29 is 15.3 Å². The fraction of sp³-hybridized carbons (Fsp3) is 0.400. The van der Waals surface area contributed by atoms with Gasteiger partial charge in [-0.2, -0.15) is 0 Å². The molecule has 0 spiro atoms. The Morgan fingerprint density at radius 1 is 1.21 bits per heavy atom. The van der Waals surface area contributed by atoms with Crippen molar-refractivity contribution in [3.05, 3.63) is 17.7 Å². The molecule has 0 aliphatic carbocycles. The molecule has 0 radical (unpaired) electrons. The van der Waals surface area contributed by atoms with Gasteiger partial charge in [0.05, 0.1) is 0 Å². The molecule has 1 unspecified atom stereocenters. The number of aromatic hydroxyl groups is 3. The van der Waals surface area contributed by atoms with E-state index in [0.29, 0.717) is 12.1 Å². The molecule has 4 heteroatoms. The zero-order valence-corrected chi connectivity index (χ0v) is 8.07. The number of phenols is 3. The molecule has 4 nitrogen and oxygen atoms in total. The van der Waals surface area contributed by atoms with Gasteiger partial charge in [-0.05, 0) is 24.9 Å². The maximum absolute atomic E-state index is 9.52. The highest BCUT2D eigenvalue weighted by Crippen LogP contribution is 2.40. The summed E-state index contributed by atoms with van der Waals surface area (Å²) >= 11 is 0. The Bertz CT molecular complexity index is 325. The maximum atomic E-state index is 9.52. The Balaban J connectivity index is 3.04. The molecule has 14 heavy (non-hydrogen) atoms. The second-order valence-electron chi connectivity index (χ2n) is 3.35. The highest BCUT2D eigenvalue weighted by molar-refractivity contribution is 5.54. The zero-order valence-electron chi connectivity index (χ0n) is 8.07.